The van der Waals surface area contributed by atoms with Gasteiger partial charge in [-0.2, -0.15) is 0 Å². The highest BCUT2D eigenvalue weighted by molar-refractivity contribution is 5.80. The molecular weight excluding hydrogens is 262 g/mol. The SMILES string of the molecule is CC(OC(=O)[C@H](C)N)C1c2ccccc2-c2ccccc21. The van der Waals surface area contributed by atoms with Gasteiger partial charge in [-0.25, -0.2) is 0 Å². The summed E-state index contributed by atoms with van der Waals surface area (Å²) in [7, 11) is 0. The number of rotatable bonds is 3. The van der Waals surface area contributed by atoms with E-state index in [4.69, 9.17) is 10.5 Å². The molecule has 0 heterocycles. The normalized spacial score (nSPS) is 16.0. The lowest BCUT2D eigenvalue weighted by atomic mass is 9.92. The number of hydrogen-bond donors (Lipinski definition) is 1. The maximum absolute atomic E-state index is 11.8. The van der Waals surface area contributed by atoms with Crippen LogP contribution in [0.15, 0.2) is 48.5 Å². The fourth-order valence-corrected chi connectivity index (χ4v) is 3.06. The van der Waals surface area contributed by atoms with Gasteiger partial charge in [-0.15, -0.1) is 0 Å². The molecule has 0 aromatic heterocycles. The zero-order valence-electron chi connectivity index (χ0n) is 12.2. The van der Waals surface area contributed by atoms with Crippen LogP contribution in [0.3, 0.4) is 0 Å². The number of fused-ring (bicyclic) bond motifs is 3. The highest BCUT2D eigenvalue weighted by atomic mass is 16.5. The topological polar surface area (TPSA) is 52.3 Å². The first-order chi connectivity index (χ1) is 10.1. The Morgan fingerprint density at radius 2 is 1.48 bits per heavy atom. The van der Waals surface area contributed by atoms with Gasteiger partial charge in [0.1, 0.15) is 12.1 Å². The summed E-state index contributed by atoms with van der Waals surface area (Å²) >= 11 is 0. The Bertz CT molecular complexity index is 633. The van der Waals surface area contributed by atoms with Crippen molar-refractivity contribution in [1.82, 2.24) is 0 Å². The summed E-state index contributed by atoms with van der Waals surface area (Å²) in [5, 5.41) is 0. The molecule has 3 heteroatoms. The molecule has 0 spiro atoms. The third-order valence-corrected chi connectivity index (χ3v) is 4.03. The number of esters is 1. The van der Waals surface area contributed by atoms with Crippen molar-refractivity contribution >= 4 is 5.97 Å². The summed E-state index contributed by atoms with van der Waals surface area (Å²) in [6.45, 7) is 3.58. The molecule has 0 amide bonds. The average Bonchev–Trinajstić information content (AvgIpc) is 2.81. The molecule has 2 N–H and O–H groups in total. The molecule has 0 bridgehead atoms. The largest absolute Gasteiger partial charge is 0.461 e. The number of benzene rings is 2. The van der Waals surface area contributed by atoms with E-state index in [0.29, 0.717) is 0 Å². The summed E-state index contributed by atoms with van der Waals surface area (Å²) < 4.78 is 5.55. The molecule has 1 unspecified atom stereocenters. The molecule has 1 aliphatic rings. The fraction of sp³-hybridized carbons (Fsp3) is 0.278. The van der Waals surface area contributed by atoms with Gasteiger partial charge >= 0.3 is 5.97 Å². The van der Waals surface area contributed by atoms with Crippen LogP contribution in [0.2, 0.25) is 0 Å². The molecular formula is C18H19NO2. The van der Waals surface area contributed by atoms with E-state index < -0.39 is 6.04 Å². The lowest BCUT2D eigenvalue weighted by Crippen LogP contribution is -2.33. The van der Waals surface area contributed by atoms with Crippen molar-refractivity contribution in [2.24, 2.45) is 5.73 Å². The molecule has 0 fully saturated rings. The van der Waals surface area contributed by atoms with Gasteiger partial charge in [0.15, 0.2) is 0 Å². The first-order valence-electron chi connectivity index (χ1n) is 7.24. The molecule has 108 valence electrons. The molecule has 1 aliphatic carbocycles. The third kappa shape index (κ3) is 2.34. The van der Waals surface area contributed by atoms with Crippen molar-refractivity contribution < 1.29 is 9.53 Å². The minimum Gasteiger partial charge on any atom is -0.461 e. The van der Waals surface area contributed by atoms with Crippen molar-refractivity contribution in [2.45, 2.75) is 31.9 Å². The molecule has 0 aliphatic heterocycles. The molecule has 3 rings (SSSR count). The first-order valence-corrected chi connectivity index (χ1v) is 7.24. The molecule has 0 radical (unpaired) electrons. The van der Waals surface area contributed by atoms with Gasteiger partial charge in [0.2, 0.25) is 0 Å². The fourth-order valence-electron chi connectivity index (χ4n) is 3.06. The number of carbonyl (C=O) groups is 1. The van der Waals surface area contributed by atoms with Crippen LogP contribution in [0, 0.1) is 0 Å². The highest BCUT2D eigenvalue weighted by Gasteiger charge is 2.34. The summed E-state index contributed by atoms with van der Waals surface area (Å²) in [6.07, 6.45) is -0.242. The van der Waals surface area contributed by atoms with E-state index >= 15 is 0 Å². The molecule has 2 aromatic rings. The molecule has 2 atom stereocenters. The number of ether oxygens (including phenoxy) is 1. The summed E-state index contributed by atoms with van der Waals surface area (Å²) in [5.74, 6) is -0.288. The van der Waals surface area contributed by atoms with Crippen molar-refractivity contribution in [3.8, 4) is 11.1 Å². The molecule has 0 saturated carbocycles. The van der Waals surface area contributed by atoms with Gasteiger partial charge in [0, 0.05) is 5.92 Å². The minimum atomic E-state index is -0.598. The maximum Gasteiger partial charge on any atom is 0.322 e. The quantitative estimate of drug-likeness (QED) is 0.880. The van der Waals surface area contributed by atoms with Gasteiger partial charge in [-0.05, 0) is 36.1 Å². The van der Waals surface area contributed by atoms with E-state index in [2.05, 4.69) is 24.3 Å². The van der Waals surface area contributed by atoms with Crippen LogP contribution < -0.4 is 5.73 Å². The smallest absolute Gasteiger partial charge is 0.322 e. The summed E-state index contributed by atoms with van der Waals surface area (Å²) in [5.41, 5.74) is 10.5. The maximum atomic E-state index is 11.8. The Labute approximate surface area is 124 Å². The van der Waals surface area contributed by atoms with E-state index in [1.54, 1.807) is 6.92 Å². The van der Waals surface area contributed by atoms with Crippen LogP contribution in [0.25, 0.3) is 11.1 Å². The standard InChI is InChI=1S/C18H19NO2/c1-11(19)18(20)21-12(2)17-15-9-5-3-7-13(15)14-8-4-6-10-16(14)17/h3-12,17H,19H2,1-2H3/t11-,12?/m0/s1. The Morgan fingerprint density at radius 3 is 1.95 bits per heavy atom. The Balaban J connectivity index is 2.00. The van der Waals surface area contributed by atoms with E-state index in [-0.39, 0.29) is 18.0 Å². The van der Waals surface area contributed by atoms with Crippen LogP contribution in [0.4, 0.5) is 0 Å². The second-order valence-corrected chi connectivity index (χ2v) is 5.58. The van der Waals surface area contributed by atoms with Crippen LogP contribution in [-0.2, 0) is 9.53 Å². The van der Waals surface area contributed by atoms with Gasteiger partial charge in [0.25, 0.3) is 0 Å². The predicted octanol–water partition coefficient (Wildman–Crippen LogP) is 3.08. The van der Waals surface area contributed by atoms with Crippen molar-refractivity contribution in [2.75, 3.05) is 0 Å². The molecule has 21 heavy (non-hydrogen) atoms. The Hall–Kier alpha value is -2.13. The van der Waals surface area contributed by atoms with Crippen LogP contribution in [0.5, 0.6) is 0 Å². The number of nitrogens with two attached hydrogens (primary N) is 1. The Morgan fingerprint density at radius 1 is 1.00 bits per heavy atom. The predicted molar refractivity (Wildman–Crippen MR) is 82.9 cm³/mol. The summed E-state index contributed by atoms with van der Waals surface area (Å²) in [4.78, 5) is 11.8. The van der Waals surface area contributed by atoms with Gasteiger partial charge in [0.05, 0.1) is 0 Å². The molecule has 2 aromatic carbocycles. The van der Waals surface area contributed by atoms with Crippen molar-refractivity contribution in [3.63, 3.8) is 0 Å². The average molecular weight is 281 g/mol. The van der Waals surface area contributed by atoms with Gasteiger partial charge < -0.3 is 10.5 Å². The van der Waals surface area contributed by atoms with Crippen LogP contribution in [-0.4, -0.2) is 18.1 Å². The van der Waals surface area contributed by atoms with Crippen LogP contribution >= 0.6 is 0 Å². The van der Waals surface area contributed by atoms with E-state index in [9.17, 15) is 4.79 Å². The first kappa shape index (κ1) is 13.8. The van der Waals surface area contributed by atoms with Gasteiger partial charge in [-0.3, -0.25) is 4.79 Å². The van der Waals surface area contributed by atoms with Crippen LogP contribution in [0.1, 0.15) is 30.9 Å². The second kappa shape index (κ2) is 5.34. The highest BCUT2D eigenvalue weighted by Crippen LogP contribution is 2.46. The summed E-state index contributed by atoms with van der Waals surface area (Å²) in [6, 6.07) is 16.0. The van der Waals surface area contributed by atoms with E-state index in [1.165, 1.54) is 22.3 Å². The minimum absolute atomic E-state index is 0.0695. The van der Waals surface area contributed by atoms with E-state index in [0.717, 1.165) is 0 Å². The monoisotopic (exact) mass is 281 g/mol. The lowest BCUT2D eigenvalue weighted by Gasteiger charge is -2.23. The number of carbonyl (C=O) groups excluding carboxylic acids is 1. The molecule has 3 nitrogen and oxygen atoms in total. The van der Waals surface area contributed by atoms with Gasteiger partial charge in [-0.1, -0.05) is 48.5 Å². The second-order valence-electron chi connectivity index (χ2n) is 5.58. The van der Waals surface area contributed by atoms with Crippen molar-refractivity contribution in [1.29, 1.82) is 0 Å². The molecule has 0 saturated heterocycles. The lowest BCUT2D eigenvalue weighted by molar-refractivity contribution is -0.149. The van der Waals surface area contributed by atoms with E-state index in [1.807, 2.05) is 31.2 Å². The number of hydrogen-bond acceptors (Lipinski definition) is 3. The van der Waals surface area contributed by atoms with Crippen molar-refractivity contribution in [3.05, 3.63) is 59.7 Å². The third-order valence-electron chi connectivity index (χ3n) is 4.03. The Kier molecular flexibility index (Phi) is 3.52. The zero-order valence-corrected chi connectivity index (χ0v) is 12.2. The zero-order chi connectivity index (χ0) is 15.0.